The van der Waals surface area contributed by atoms with Gasteiger partial charge in [-0.15, -0.1) is 0 Å². The van der Waals surface area contributed by atoms with Gasteiger partial charge in [0.2, 0.25) is 5.76 Å². The molecule has 0 spiro atoms. The molecule has 0 unspecified atom stereocenters. The van der Waals surface area contributed by atoms with E-state index < -0.39 is 0 Å². The minimum atomic E-state index is 0.171. The number of furan rings is 1. The fourth-order valence-corrected chi connectivity index (χ4v) is 0.886. The zero-order valence-corrected chi connectivity index (χ0v) is 6.90. The maximum absolute atomic E-state index is 8.41. The highest BCUT2D eigenvalue weighted by molar-refractivity contribution is 9.10. The molecule has 0 aliphatic carbocycles. The van der Waals surface area contributed by atoms with Crippen molar-refractivity contribution in [1.82, 2.24) is 0 Å². The number of hydrogen-bond donors (Lipinski definition) is 1. The van der Waals surface area contributed by atoms with E-state index in [1.807, 2.05) is 6.07 Å². The molecule has 1 aromatic heterocycles. The number of aryl methyl sites for hydroxylation is 1. The molecule has 0 fully saturated rings. The molecule has 1 heterocycles. The van der Waals surface area contributed by atoms with Gasteiger partial charge in [0.05, 0.1) is 4.47 Å². The number of rotatable bonds is 0. The van der Waals surface area contributed by atoms with Gasteiger partial charge in [-0.3, -0.25) is 0 Å². The molecule has 0 saturated carbocycles. The molecule has 1 aromatic rings. The van der Waals surface area contributed by atoms with E-state index in [0.29, 0.717) is 15.9 Å². The van der Waals surface area contributed by atoms with Crippen LogP contribution in [0.4, 0.5) is 5.69 Å². The Labute approximate surface area is 66.6 Å². The number of nitriles is 1. The zero-order chi connectivity index (χ0) is 7.72. The predicted molar refractivity (Wildman–Crippen MR) is 40.3 cm³/mol. The fraction of sp³-hybridized carbons (Fsp3) is 0.167. The highest BCUT2D eigenvalue weighted by Gasteiger charge is 2.10. The summed E-state index contributed by atoms with van der Waals surface area (Å²) in [6, 6.07) is 1.84. The van der Waals surface area contributed by atoms with Gasteiger partial charge < -0.3 is 10.2 Å². The Balaban J connectivity index is 3.34. The van der Waals surface area contributed by atoms with Crippen LogP contribution in [0.2, 0.25) is 0 Å². The van der Waals surface area contributed by atoms with Crippen molar-refractivity contribution < 1.29 is 4.42 Å². The third-order valence-corrected chi connectivity index (χ3v) is 2.13. The molecule has 10 heavy (non-hydrogen) atoms. The summed E-state index contributed by atoms with van der Waals surface area (Å²) in [4.78, 5) is 0. The molecule has 0 bridgehead atoms. The molecule has 3 nitrogen and oxygen atoms in total. The van der Waals surface area contributed by atoms with Gasteiger partial charge in [0.15, 0.2) is 0 Å². The van der Waals surface area contributed by atoms with Crippen molar-refractivity contribution in [3.8, 4) is 6.07 Å². The van der Waals surface area contributed by atoms with E-state index in [0.717, 1.165) is 0 Å². The second kappa shape index (κ2) is 2.35. The monoisotopic (exact) mass is 200 g/mol. The van der Waals surface area contributed by atoms with Gasteiger partial charge in [0, 0.05) is 0 Å². The van der Waals surface area contributed by atoms with Crippen LogP contribution in [0, 0.1) is 18.3 Å². The van der Waals surface area contributed by atoms with Crippen LogP contribution >= 0.6 is 15.9 Å². The van der Waals surface area contributed by atoms with E-state index in [4.69, 9.17) is 15.4 Å². The van der Waals surface area contributed by atoms with Crippen LogP contribution in [-0.4, -0.2) is 0 Å². The van der Waals surface area contributed by atoms with Crippen LogP contribution in [0.5, 0.6) is 0 Å². The first kappa shape index (κ1) is 7.16. The molecule has 2 N–H and O–H groups in total. The van der Waals surface area contributed by atoms with Crippen LogP contribution < -0.4 is 5.73 Å². The molecular weight excluding hydrogens is 196 g/mol. The fourth-order valence-electron chi connectivity index (χ4n) is 0.625. The average molecular weight is 201 g/mol. The molecule has 0 aliphatic rings. The smallest absolute Gasteiger partial charge is 0.227 e. The van der Waals surface area contributed by atoms with E-state index in [-0.39, 0.29) is 5.76 Å². The topological polar surface area (TPSA) is 63.0 Å². The lowest BCUT2D eigenvalue weighted by Gasteiger charge is -1.82. The van der Waals surface area contributed by atoms with Crippen LogP contribution in [-0.2, 0) is 0 Å². The summed E-state index contributed by atoms with van der Waals surface area (Å²) in [6.45, 7) is 1.74. The first-order chi connectivity index (χ1) is 4.66. The van der Waals surface area contributed by atoms with Crippen molar-refractivity contribution >= 4 is 21.6 Å². The lowest BCUT2D eigenvalue weighted by atomic mass is 10.4. The van der Waals surface area contributed by atoms with Gasteiger partial charge in [0.25, 0.3) is 0 Å². The van der Waals surface area contributed by atoms with Gasteiger partial charge >= 0.3 is 0 Å². The Hall–Kier alpha value is -0.950. The van der Waals surface area contributed by atoms with E-state index in [1.165, 1.54) is 0 Å². The number of halogens is 1. The maximum Gasteiger partial charge on any atom is 0.227 e. The highest BCUT2D eigenvalue weighted by Crippen LogP contribution is 2.29. The van der Waals surface area contributed by atoms with Crippen molar-refractivity contribution in [3.63, 3.8) is 0 Å². The van der Waals surface area contributed by atoms with Gasteiger partial charge in [-0.25, -0.2) is 0 Å². The van der Waals surface area contributed by atoms with Crippen molar-refractivity contribution in [2.24, 2.45) is 0 Å². The number of hydrogen-bond acceptors (Lipinski definition) is 3. The standard InChI is InChI=1S/C6H5BrN2O/c1-3-5(7)6(9)4(2-8)10-3/h9H2,1H3. The first-order valence-electron chi connectivity index (χ1n) is 2.61. The Morgan fingerprint density at radius 3 is 2.50 bits per heavy atom. The summed E-state index contributed by atoms with van der Waals surface area (Å²) in [5.41, 5.74) is 5.83. The number of nitrogens with two attached hydrogens (primary N) is 1. The predicted octanol–water partition coefficient (Wildman–Crippen LogP) is 1.80. The van der Waals surface area contributed by atoms with Gasteiger partial charge in [-0.1, -0.05) is 0 Å². The van der Waals surface area contributed by atoms with Gasteiger partial charge in [0.1, 0.15) is 17.5 Å². The molecule has 0 saturated heterocycles. The van der Waals surface area contributed by atoms with Gasteiger partial charge in [-0.05, 0) is 22.9 Å². The SMILES string of the molecule is Cc1oc(C#N)c(N)c1Br. The number of anilines is 1. The van der Waals surface area contributed by atoms with Crippen molar-refractivity contribution in [2.45, 2.75) is 6.92 Å². The van der Waals surface area contributed by atoms with Crippen LogP contribution in [0.15, 0.2) is 8.89 Å². The summed E-state index contributed by atoms with van der Waals surface area (Å²) in [5, 5.41) is 8.41. The molecule has 52 valence electrons. The van der Waals surface area contributed by atoms with Crippen molar-refractivity contribution in [1.29, 1.82) is 5.26 Å². The maximum atomic E-state index is 8.41. The molecule has 0 amide bonds. The third-order valence-electron chi connectivity index (χ3n) is 1.15. The van der Waals surface area contributed by atoms with Crippen LogP contribution in [0.3, 0.4) is 0 Å². The summed E-state index contributed by atoms with van der Waals surface area (Å²) in [5.74, 6) is 0.804. The Bertz CT molecular complexity index is 297. The quantitative estimate of drug-likeness (QED) is 0.695. The van der Waals surface area contributed by atoms with Gasteiger partial charge in [-0.2, -0.15) is 5.26 Å². The summed E-state index contributed by atoms with van der Waals surface area (Å²) in [6.07, 6.45) is 0. The van der Waals surface area contributed by atoms with E-state index in [9.17, 15) is 0 Å². The number of nitrogens with zero attached hydrogens (tertiary/aromatic N) is 1. The van der Waals surface area contributed by atoms with Crippen molar-refractivity contribution in [2.75, 3.05) is 5.73 Å². The Morgan fingerprint density at radius 2 is 2.30 bits per heavy atom. The Kier molecular flexibility index (Phi) is 1.68. The summed E-state index contributed by atoms with van der Waals surface area (Å²) < 4.78 is 5.63. The van der Waals surface area contributed by atoms with Crippen molar-refractivity contribution in [3.05, 3.63) is 16.0 Å². The van der Waals surface area contributed by atoms with E-state index >= 15 is 0 Å². The normalized spacial score (nSPS) is 9.30. The molecular formula is C6H5BrN2O. The first-order valence-corrected chi connectivity index (χ1v) is 3.40. The average Bonchev–Trinajstić information content (AvgIpc) is 2.17. The Morgan fingerprint density at radius 1 is 1.70 bits per heavy atom. The number of nitrogen functional groups attached to an aromatic ring is 1. The molecule has 1 rings (SSSR count). The van der Waals surface area contributed by atoms with E-state index in [1.54, 1.807) is 6.92 Å². The highest BCUT2D eigenvalue weighted by atomic mass is 79.9. The molecule has 0 aliphatic heterocycles. The minimum absolute atomic E-state index is 0.171. The molecule has 4 heteroatoms. The minimum Gasteiger partial charge on any atom is -0.447 e. The lowest BCUT2D eigenvalue weighted by Crippen LogP contribution is -1.84. The zero-order valence-electron chi connectivity index (χ0n) is 5.31. The lowest BCUT2D eigenvalue weighted by molar-refractivity contribution is 0.520. The second-order valence-corrected chi connectivity index (χ2v) is 2.62. The molecule has 0 aromatic carbocycles. The summed E-state index contributed by atoms with van der Waals surface area (Å²) in [7, 11) is 0. The largest absolute Gasteiger partial charge is 0.447 e. The second-order valence-electron chi connectivity index (χ2n) is 1.83. The third kappa shape index (κ3) is 0.888. The van der Waals surface area contributed by atoms with Crippen LogP contribution in [0.25, 0.3) is 0 Å². The van der Waals surface area contributed by atoms with E-state index in [2.05, 4.69) is 15.9 Å². The molecule has 0 atom stereocenters. The molecule has 0 radical (unpaired) electrons. The van der Waals surface area contributed by atoms with Crippen LogP contribution in [0.1, 0.15) is 11.5 Å². The summed E-state index contributed by atoms with van der Waals surface area (Å²) >= 11 is 3.17.